The van der Waals surface area contributed by atoms with Crippen molar-refractivity contribution >= 4 is 5.97 Å². The van der Waals surface area contributed by atoms with Crippen LogP contribution in [-0.2, 0) is 9.53 Å². The molecule has 0 aromatic heterocycles. The minimum atomic E-state index is -0.140. The summed E-state index contributed by atoms with van der Waals surface area (Å²) in [6, 6.07) is 9.36. The number of hydrogen-bond donors (Lipinski definition) is 0. The number of carbonyl (C=O) groups excluding carboxylic acids is 1. The van der Waals surface area contributed by atoms with Crippen molar-refractivity contribution in [3.05, 3.63) is 35.4 Å². The Bertz CT molecular complexity index is 458. The highest BCUT2D eigenvalue weighted by Gasteiger charge is 2.30. The highest BCUT2D eigenvalue weighted by molar-refractivity contribution is 5.73. The zero-order valence-corrected chi connectivity index (χ0v) is 10.6. The maximum absolute atomic E-state index is 11.8. The van der Waals surface area contributed by atoms with E-state index in [1.807, 2.05) is 12.1 Å². The van der Waals surface area contributed by atoms with Crippen LogP contribution in [0.15, 0.2) is 24.3 Å². The molecule has 1 aromatic rings. The normalized spacial score (nSPS) is 23.2. The topological polar surface area (TPSA) is 50.1 Å². The van der Waals surface area contributed by atoms with Gasteiger partial charge in [-0.3, -0.25) is 4.79 Å². The molecule has 0 spiro atoms. The molecular formula is C15H17NO2. The molecule has 1 saturated heterocycles. The van der Waals surface area contributed by atoms with Gasteiger partial charge >= 0.3 is 5.97 Å². The number of cyclic esters (lactones) is 1. The van der Waals surface area contributed by atoms with E-state index in [0.29, 0.717) is 5.56 Å². The standard InChI is InChI=1S/C15H17NO2/c1-2-3-13-8-9-14(18-15(13)17)12-6-4-11(10-16)5-7-12/h4-7,13-14H,2-3,8-9H2,1H3. The molecule has 1 heterocycles. The van der Waals surface area contributed by atoms with Crippen LogP contribution >= 0.6 is 0 Å². The smallest absolute Gasteiger partial charge is 0.309 e. The summed E-state index contributed by atoms with van der Waals surface area (Å²) in [6.45, 7) is 2.08. The fourth-order valence-corrected chi connectivity index (χ4v) is 2.38. The maximum Gasteiger partial charge on any atom is 0.309 e. The van der Waals surface area contributed by atoms with Crippen LogP contribution in [0.1, 0.15) is 49.8 Å². The second-order valence-corrected chi connectivity index (χ2v) is 4.72. The van der Waals surface area contributed by atoms with Gasteiger partial charge in [-0.2, -0.15) is 5.26 Å². The number of benzene rings is 1. The molecule has 1 aromatic carbocycles. The first-order valence-electron chi connectivity index (χ1n) is 6.45. The third-order valence-electron chi connectivity index (χ3n) is 3.42. The Labute approximate surface area is 107 Å². The predicted octanol–water partition coefficient (Wildman–Crippen LogP) is 3.35. The predicted molar refractivity (Wildman–Crippen MR) is 67.6 cm³/mol. The fourth-order valence-electron chi connectivity index (χ4n) is 2.38. The van der Waals surface area contributed by atoms with Crippen molar-refractivity contribution in [2.75, 3.05) is 0 Å². The number of nitrogens with zero attached hydrogens (tertiary/aromatic N) is 1. The first kappa shape index (κ1) is 12.6. The zero-order chi connectivity index (χ0) is 13.0. The molecule has 1 aliphatic rings. The van der Waals surface area contributed by atoms with E-state index in [4.69, 9.17) is 10.00 Å². The molecular weight excluding hydrogens is 226 g/mol. The summed E-state index contributed by atoms with van der Waals surface area (Å²) in [5, 5.41) is 8.74. The van der Waals surface area contributed by atoms with Gasteiger partial charge in [0.25, 0.3) is 0 Å². The number of rotatable bonds is 3. The minimum absolute atomic E-state index is 0.0718. The average molecular weight is 243 g/mol. The van der Waals surface area contributed by atoms with Gasteiger partial charge < -0.3 is 4.74 Å². The molecule has 3 heteroatoms. The molecule has 2 rings (SSSR count). The molecule has 0 aliphatic carbocycles. The Morgan fingerprint density at radius 2 is 2.06 bits per heavy atom. The number of ether oxygens (including phenoxy) is 1. The van der Waals surface area contributed by atoms with Crippen molar-refractivity contribution in [1.29, 1.82) is 5.26 Å². The lowest BCUT2D eigenvalue weighted by atomic mass is 9.91. The largest absolute Gasteiger partial charge is 0.457 e. The van der Waals surface area contributed by atoms with Crippen LogP contribution in [0.3, 0.4) is 0 Å². The first-order chi connectivity index (χ1) is 8.74. The third kappa shape index (κ3) is 2.70. The Hall–Kier alpha value is -1.82. The molecule has 0 radical (unpaired) electrons. The molecule has 1 fully saturated rings. The van der Waals surface area contributed by atoms with E-state index in [2.05, 4.69) is 13.0 Å². The molecule has 1 aliphatic heterocycles. The van der Waals surface area contributed by atoms with Crippen molar-refractivity contribution in [2.24, 2.45) is 5.92 Å². The van der Waals surface area contributed by atoms with Crippen LogP contribution in [0, 0.1) is 17.2 Å². The summed E-state index contributed by atoms with van der Waals surface area (Å²) in [7, 11) is 0. The van der Waals surface area contributed by atoms with Crippen LogP contribution in [0.2, 0.25) is 0 Å². The van der Waals surface area contributed by atoms with Crippen LogP contribution in [0.25, 0.3) is 0 Å². The first-order valence-corrected chi connectivity index (χ1v) is 6.45. The van der Waals surface area contributed by atoms with Crippen molar-refractivity contribution in [3.8, 4) is 6.07 Å². The SMILES string of the molecule is CCCC1CCC(c2ccc(C#N)cc2)OC1=O. The average Bonchev–Trinajstić information content (AvgIpc) is 2.41. The molecule has 94 valence electrons. The lowest BCUT2D eigenvalue weighted by Gasteiger charge is -2.28. The van der Waals surface area contributed by atoms with E-state index in [-0.39, 0.29) is 18.0 Å². The summed E-state index contributed by atoms with van der Waals surface area (Å²) in [5.74, 6) is 0.00194. The van der Waals surface area contributed by atoms with Gasteiger partial charge in [0.05, 0.1) is 17.6 Å². The van der Waals surface area contributed by atoms with Crippen molar-refractivity contribution in [2.45, 2.75) is 38.7 Å². The van der Waals surface area contributed by atoms with Gasteiger partial charge in [-0.25, -0.2) is 0 Å². The number of nitriles is 1. The summed E-state index contributed by atoms with van der Waals surface area (Å²) in [5.41, 5.74) is 1.61. The Balaban J connectivity index is 2.03. The second kappa shape index (κ2) is 5.68. The molecule has 18 heavy (non-hydrogen) atoms. The van der Waals surface area contributed by atoms with Gasteiger partial charge in [-0.1, -0.05) is 25.5 Å². The lowest BCUT2D eigenvalue weighted by Crippen LogP contribution is -2.26. The van der Waals surface area contributed by atoms with Crippen LogP contribution in [0.4, 0.5) is 0 Å². The van der Waals surface area contributed by atoms with Gasteiger partial charge in [-0.05, 0) is 37.0 Å². The molecule has 2 unspecified atom stereocenters. The summed E-state index contributed by atoms with van der Waals surface area (Å²) >= 11 is 0. The van der Waals surface area contributed by atoms with Crippen LogP contribution in [0.5, 0.6) is 0 Å². The van der Waals surface area contributed by atoms with Crippen molar-refractivity contribution < 1.29 is 9.53 Å². The van der Waals surface area contributed by atoms with E-state index in [0.717, 1.165) is 31.2 Å². The second-order valence-electron chi connectivity index (χ2n) is 4.72. The maximum atomic E-state index is 11.8. The van der Waals surface area contributed by atoms with E-state index in [9.17, 15) is 4.79 Å². The lowest BCUT2D eigenvalue weighted by molar-refractivity contribution is -0.161. The highest BCUT2D eigenvalue weighted by atomic mass is 16.5. The van der Waals surface area contributed by atoms with Gasteiger partial charge in [-0.15, -0.1) is 0 Å². The zero-order valence-electron chi connectivity index (χ0n) is 10.6. The minimum Gasteiger partial charge on any atom is -0.457 e. The monoisotopic (exact) mass is 243 g/mol. The fraction of sp³-hybridized carbons (Fsp3) is 0.467. The number of esters is 1. The van der Waals surface area contributed by atoms with Gasteiger partial charge in [0.1, 0.15) is 6.10 Å². The Kier molecular flexibility index (Phi) is 3.99. The van der Waals surface area contributed by atoms with Crippen LogP contribution < -0.4 is 0 Å². The van der Waals surface area contributed by atoms with Gasteiger partial charge in [0.15, 0.2) is 0 Å². The van der Waals surface area contributed by atoms with E-state index in [1.54, 1.807) is 12.1 Å². The summed E-state index contributed by atoms with van der Waals surface area (Å²) < 4.78 is 5.49. The van der Waals surface area contributed by atoms with Gasteiger partial charge in [0, 0.05) is 0 Å². The van der Waals surface area contributed by atoms with E-state index in [1.165, 1.54) is 0 Å². The Morgan fingerprint density at radius 1 is 1.33 bits per heavy atom. The number of carbonyl (C=O) groups is 1. The molecule has 3 nitrogen and oxygen atoms in total. The molecule has 2 atom stereocenters. The van der Waals surface area contributed by atoms with Gasteiger partial charge in [0.2, 0.25) is 0 Å². The Morgan fingerprint density at radius 3 is 2.61 bits per heavy atom. The van der Waals surface area contributed by atoms with Crippen molar-refractivity contribution in [1.82, 2.24) is 0 Å². The summed E-state index contributed by atoms with van der Waals surface area (Å²) in [4.78, 5) is 11.8. The quantitative estimate of drug-likeness (QED) is 0.765. The molecule has 0 amide bonds. The van der Waals surface area contributed by atoms with Crippen LogP contribution in [-0.4, -0.2) is 5.97 Å². The number of hydrogen-bond acceptors (Lipinski definition) is 3. The molecule has 0 N–H and O–H groups in total. The molecule has 0 bridgehead atoms. The van der Waals surface area contributed by atoms with E-state index < -0.39 is 0 Å². The van der Waals surface area contributed by atoms with E-state index >= 15 is 0 Å². The summed E-state index contributed by atoms with van der Waals surface area (Å²) in [6.07, 6.45) is 3.57. The van der Waals surface area contributed by atoms with Crippen molar-refractivity contribution in [3.63, 3.8) is 0 Å². The third-order valence-corrected chi connectivity index (χ3v) is 3.42. The highest BCUT2D eigenvalue weighted by Crippen LogP contribution is 2.33. The molecule has 0 saturated carbocycles.